The van der Waals surface area contributed by atoms with E-state index in [0.717, 1.165) is 25.7 Å². The van der Waals surface area contributed by atoms with Gasteiger partial charge in [0.2, 0.25) is 5.91 Å². The molecule has 0 saturated heterocycles. The number of amides is 1. The maximum Gasteiger partial charge on any atom is 0.220 e. The van der Waals surface area contributed by atoms with E-state index in [9.17, 15) is 10.0 Å². The van der Waals surface area contributed by atoms with Crippen LogP contribution in [0.3, 0.4) is 0 Å². The molecule has 0 rings (SSSR count). The molecule has 29 heavy (non-hydrogen) atoms. The quantitative estimate of drug-likeness (QED) is 0.121. The molecule has 0 aliphatic rings. The summed E-state index contributed by atoms with van der Waals surface area (Å²) in [6.45, 7) is 4.96. The molecule has 4 heteroatoms. The fraction of sp³-hybridized carbons (Fsp3) is 0.960. The number of unbranched alkanes of at least 4 members (excludes halogenated alkanes) is 14. The van der Waals surface area contributed by atoms with Crippen LogP contribution in [0.15, 0.2) is 0 Å². The van der Waals surface area contributed by atoms with Crippen molar-refractivity contribution in [2.75, 3.05) is 20.6 Å². The molecule has 0 radical (unpaired) electrons. The summed E-state index contributed by atoms with van der Waals surface area (Å²) in [4.78, 5) is 12.1. The largest absolute Gasteiger partial charge is 0.348 e. The maximum atomic E-state index is 12.1. The van der Waals surface area contributed by atoms with Gasteiger partial charge in [-0.05, 0) is 12.8 Å². The number of hydrogen-bond acceptors (Lipinski definition) is 2. The second-order valence-electron chi connectivity index (χ2n) is 9.56. The average molecular weight is 414 g/mol. The third-order valence-corrected chi connectivity index (χ3v) is 5.68. The highest BCUT2D eigenvalue weighted by Gasteiger charge is 2.21. The van der Waals surface area contributed by atoms with E-state index in [4.69, 9.17) is 0 Å². The lowest BCUT2D eigenvalue weighted by atomic mass is 10.0. The van der Waals surface area contributed by atoms with Gasteiger partial charge in [-0.2, -0.15) is 4.65 Å². The number of hydroxylamine groups is 3. The van der Waals surface area contributed by atoms with Gasteiger partial charge in [0.25, 0.3) is 0 Å². The van der Waals surface area contributed by atoms with Gasteiger partial charge in [0.1, 0.15) is 6.54 Å². The van der Waals surface area contributed by atoms with Crippen molar-refractivity contribution >= 4 is 5.91 Å². The Morgan fingerprint density at radius 3 is 1.52 bits per heavy atom. The zero-order chi connectivity index (χ0) is 21.8. The van der Waals surface area contributed by atoms with Crippen molar-refractivity contribution in [1.82, 2.24) is 5.32 Å². The zero-order valence-corrected chi connectivity index (χ0v) is 20.3. The van der Waals surface area contributed by atoms with E-state index in [-0.39, 0.29) is 16.6 Å². The first kappa shape index (κ1) is 28.4. The lowest BCUT2D eigenvalue weighted by molar-refractivity contribution is -1.07. The molecule has 2 N–H and O–H groups in total. The van der Waals surface area contributed by atoms with Gasteiger partial charge in [-0.1, -0.05) is 110 Å². The van der Waals surface area contributed by atoms with E-state index < -0.39 is 0 Å². The number of hydrogen-bond donors (Lipinski definition) is 2. The van der Waals surface area contributed by atoms with Gasteiger partial charge < -0.3 is 5.32 Å². The monoisotopic (exact) mass is 413 g/mol. The molecule has 0 spiro atoms. The van der Waals surface area contributed by atoms with Crippen LogP contribution < -0.4 is 5.32 Å². The summed E-state index contributed by atoms with van der Waals surface area (Å²) in [5.74, 6) is 0.145. The topological polar surface area (TPSA) is 49.3 Å². The number of carbonyl (C=O) groups is 1. The lowest BCUT2D eigenvalue weighted by Crippen LogP contribution is -2.49. The molecule has 0 saturated carbocycles. The van der Waals surface area contributed by atoms with Crippen LogP contribution in [0.25, 0.3) is 0 Å². The standard InChI is InChI=1S/C25H52N2O2/c1-5-7-8-9-10-11-12-13-14-15-16-17-18-19-20-22-25(28)26-24(21-6-2)23-27(3,4)29/h24,29H,5-23H2,1-4H3/p+1/t24-/m1/s1. The van der Waals surface area contributed by atoms with Crippen molar-refractivity contribution in [3.8, 4) is 0 Å². The van der Waals surface area contributed by atoms with Crippen molar-refractivity contribution in [1.29, 1.82) is 0 Å². The minimum atomic E-state index is -0.0933. The summed E-state index contributed by atoms with van der Waals surface area (Å²) < 4.78 is -0.0933. The molecular weight excluding hydrogens is 360 g/mol. The van der Waals surface area contributed by atoms with Crippen molar-refractivity contribution in [3.05, 3.63) is 0 Å². The van der Waals surface area contributed by atoms with E-state index in [2.05, 4.69) is 19.2 Å². The Morgan fingerprint density at radius 2 is 1.14 bits per heavy atom. The van der Waals surface area contributed by atoms with Gasteiger partial charge in [-0.15, -0.1) is 0 Å². The molecule has 0 bridgehead atoms. The van der Waals surface area contributed by atoms with Crippen LogP contribution in [-0.2, 0) is 4.79 Å². The Bertz CT molecular complexity index is 366. The molecule has 0 fully saturated rings. The maximum absolute atomic E-state index is 12.1. The highest BCUT2D eigenvalue weighted by molar-refractivity contribution is 5.76. The third-order valence-electron chi connectivity index (χ3n) is 5.68. The van der Waals surface area contributed by atoms with Gasteiger partial charge in [0.05, 0.1) is 20.1 Å². The number of rotatable bonds is 21. The first-order valence-electron chi connectivity index (χ1n) is 12.7. The summed E-state index contributed by atoms with van der Waals surface area (Å²) in [5.41, 5.74) is 0. The first-order chi connectivity index (χ1) is 13.9. The number of quaternary nitrogens is 1. The fourth-order valence-electron chi connectivity index (χ4n) is 4.05. The molecule has 0 aliphatic carbocycles. The second-order valence-corrected chi connectivity index (χ2v) is 9.56. The summed E-state index contributed by atoms with van der Waals surface area (Å²) in [5, 5.41) is 13.0. The summed E-state index contributed by atoms with van der Waals surface area (Å²) in [6.07, 6.45) is 22.7. The predicted molar refractivity (Wildman–Crippen MR) is 125 cm³/mol. The SMILES string of the molecule is CCCCCCCCCCCCCCCCCC(=O)N[C@H](CCC)C[N+](C)(C)O. The molecule has 4 nitrogen and oxygen atoms in total. The molecule has 0 aromatic rings. The molecule has 0 heterocycles. The lowest BCUT2D eigenvalue weighted by Gasteiger charge is -2.26. The summed E-state index contributed by atoms with van der Waals surface area (Å²) >= 11 is 0. The molecule has 174 valence electrons. The fourth-order valence-corrected chi connectivity index (χ4v) is 4.05. The van der Waals surface area contributed by atoms with E-state index in [1.54, 1.807) is 14.1 Å². The van der Waals surface area contributed by atoms with E-state index in [1.165, 1.54) is 83.5 Å². The third kappa shape index (κ3) is 21.9. The van der Waals surface area contributed by atoms with Crippen LogP contribution >= 0.6 is 0 Å². The van der Waals surface area contributed by atoms with Gasteiger partial charge in [0, 0.05) is 6.42 Å². The number of nitrogens with one attached hydrogen (secondary N) is 1. The number of nitrogens with zero attached hydrogens (tertiary/aromatic N) is 1. The summed E-state index contributed by atoms with van der Waals surface area (Å²) in [7, 11) is 3.51. The first-order valence-corrected chi connectivity index (χ1v) is 12.7. The van der Waals surface area contributed by atoms with Gasteiger partial charge >= 0.3 is 0 Å². The molecule has 0 aromatic carbocycles. The zero-order valence-electron chi connectivity index (χ0n) is 20.3. The minimum absolute atomic E-state index is 0.0730. The number of carbonyl (C=O) groups excluding carboxylic acids is 1. The van der Waals surface area contributed by atoms with E-state index in [1.807, 2.05) is 0 Å². The molecule has 1 amide bonds. The second kappa shape index (κ2) is 19.4. The average Bonchev–Trinajstić information content (AvgIpc) is 2.63. The highest BCUT2D eigenvalue weighted by atomic mass is 16.5. The van der Waals surface area contributed by atoms with Crippen LogP contribution in [0.5, 0.6) is 0 Å². The molecule has 0 aromatic heterocycles. The van der Waals surface area contributed by atoms with Crippen molar-refractivity contribution in [2.24, 2.45) is 0 Å². The Kier molecular flexibility index (Phi) is 19.0. The predicted octanol–water partition coefficient (Wildman–Crippen LogP) is 7.00. The highest BCUT2D eigenvalue weighted by Crippen LogP contribution is 2.14. The van der Waals surface area contributed by atoms with Gasteiger partial charge in [-0.25, -0.2) is 5.21 Å². The normalized spacial score (nSPS) is 12.9. The van der Waals surface area contributed by atoms with Gasteiger partial charge in [-0.3, -0.25) is 4.79 Å². The van der Waals surface area contributed by atoms with Crippen LogP contribution in [0.1, 0.15) is 129 Å². The summed E-state index contributed by atoms with van der Waals surface area (Å²) in [6, 6.07) is 0.0730. The van der Waals surface area contributed by atoms with E-state index >= 15 is 0 Å². The molecule has 1 atom stereocenters. The molecule has 0 unspecified atom stereocenters. The van der Waals surface area contributed by atoms with Crippen LogP contribution in [0.2, 0.25) is 0 Å². The Morgan fingerprint density at radius 1 is 0.724 bits per heavy atom. The number of likely N-dealkylation sites (N-methyl/N-ethyl adjacent to an activating group) is 1. The Labute approximate surface area is 182 Å². The molecule has 0 aliphatic heterocycles. The minimum Gasteiger partial charge on any atom is -0.348 e. The van der Waals surface area contributed by atoms with Crippen molar-refractivity contribution in [2.45, 2.75) is 135 Å². The van der Waals surface area contributed by atoms with Crippen molar-refractivity contribution in [3.63, 3.8) is 0 Å². The van der Waals surface area contributed by atoms with Crippen LogP contribution in [0, 0.1) is 0 Å². The van der Waals surface area contributed by atoms with Crippen LogP contribution in [0.4, 0.5) is 0 Å². The van der Waals surface area contributed by atoms with Gasteiger partial charge in [0.15, 0.2) is 0 Å². The smallest absolute Gasteiger partial charge is 0.220 e. The van der Waals surface area contributed by atoms with Crippen molar-refractivity contribution < 1.29 is 14.6 Å². The van der Waals surface area contributed by atoms with E-state index in [0.29, 0.717) is 13.0 Å². The molecular formula is C25H53N2O2+. The Hall–Kier alpha value is -0.610. The Balaban J connectivity index is 3.45. The van der Waals surface area contributed by atoms with Crippen LogP contribution in [-0.4, -0.2) is 42.4 Å².